The molecule has 3 heterocycles. The summed E-state index contributed by atoms with van der Waals surface area (Å²) >= 11 is 4.77. The summed E-state index contributed by atoms with van der Waals surface area (Å²) in [6, 6.07) is 17.8. The number of ether oxygens (including phenoxy) is 1. The number of carbonyl (C=O) groups excluding carboxylic acids is 1. The third kappa shape index (κ3) is 5.35. The largest absolute Gasteiger partial charge is 0.494 e. The lowest BCUT2D eigenvalue weighted by molar-refractivity contribution is -0.113. The monoisotopic (exact) mass is 606 g/mol. The van der Waals surface area contributed by atoms with Gasteiger partial charge in [0.1, 0.15) is 11.5 Å². The lowest BCUT2D eigenvalue weighted by Gasteiger charge is -2.25. The number of aromatic nitrogens is 1. The van der Waals surface area contributed by atoms with E-state index in [0.29, 0.717) is 50.3 Å². The molecule has 2 aromatic carbocycles. The Morgan fingerprint density at radius 2 is 1.92 bits per heavy atom. The Labute approximate surface area is 237 Å². The van der Waals surface area contributed by atoms with E-state index >= 15 is 0 Å². The maximum atomic E-state index is 13.9. The van der Waals surface area contributed by atoms with Crippen molar-refractivity contribution in [3.05, 3.63) is 107 Å². The predicted octanol–water partition coefficient (Wildman–Crippen LogP) is 4.69. The summed E-state index contributed by atoms with van der Waals surface area (Å²) < 4.78 is 14.4. The number of nitrogens with one attached hydrogen (secondary N) is 1. The maximum absolute atomic E-state index is 13.9. The van der Waals surface area contributed by atoms with Crippen molar-refractivity contribution in [3.63, 3.8) is 0 Å². The molecular weight excluding hydrogens is 580 g/mol. The first-order valence-electron chi connectivity index (χ1n) is 12.3. The Morgan fingerprint density at radius 3 is 2.56 bits per heavy atom. The van der Waals surface area contributed by atoms with Crippen LogP contribution >= 0.6 is 27.3 Å². The molecule has 0 aliphatic carbocycles. The fourth-order valence-electron chi connectivity index (χ4n) is 4.44. The zero-order chi connectivity index (χ0) is 27.7. The third-order valence-electron chi connectivity index (χ3n) is 6.17. The summed E-state index contributed by atoms with van der Waals surface area (Å²) in [5, 5.41) is 2.96. The van der Waals surface area contributed by atoms with Crippen molar-refractivity contribution in [1.82, 2.24) is 4.57 Å². The van der Waals surface area contributed by atoms with Crippen molar-refractivity contribution in [2.75, 3.05) is 30.9 Å². The van der Waals surface area contributed by atoms with Crippen LogP contribution in [0.2, 0.25) is 0 Å². The van der Waals surface area contributed by atoms with E-state index in [2.05, 4.69) is 21.2 Å². The number of rotatable bonds is 7. The molecule has 5 rings (SSSR count). The van der Waals surface area contributed by atoms with Gasteiger partial charge in [0.05, 0.1) is 32.9 Å². The maximum Gasteiger partial charge on any atom is 0.271 e. The molecular formula is C29H27BrN4O4S. The van der Waals surface area contributed by atoms with E-state index in [0.717, 1.165) is 10.0 Å². The first-order chi connectivity index (χ1) is 18.8. The second-order valence-electron chi connectivity index (χ2n) is 9.10. The zero-order valence-corrected chi connectivity index (χ0v) is 24.3. The first-order valence-corrected chi connectivity index (χ1v) is 14.0. The van der Waals surface area contributed by atoms with Crippen LogP contribution in [-0.4, -0.2) is 31.2 Å². The Hall–Kier alpha value is -3.89. The molecule has 0 bridgehead atoms. The van der Waals surface area contributed by atoms with E-state index in [1.807, 2.05) is 86.6 Å². The quantitative estimate of drug-likeness (QED) is 0.329. The second kappa shape index (κ2) is 11.1. The van der Waals surface area contributed by atoms with Gasteiger partial charge in [-0.3, -0.25) is 14.2 Å². The van der Waals surface area contributed by atoms with E-state index in [1.165, 1.54) is 11.3 Å². The molecule has 8 nitrogen and oxygen atoms in total. The van der Waals surface area contributed by atoms with Gasteiger partial charge in [0.25, 0.3) is 11.5 Å². The Kier molecular flexibility index (Phi) is 7.58. The fourth-order valence-corrected chi connectivity index (χ4v) is 6.13. The smallest absolute Gasteiger partial charge is 0.271 e. The van der Waals surface area contributed by atoms with E-state index in [1.54, 1.807) is 17.6 Å². The number of para-hydroxylation sites is 1. The SMILES string of the molecule is CCOc1ccc([C@H]2C(C(=O)Nc3ccccc3)=C(C)N=c3s/c(=C/c4cc(Br)c(N(C)C)o4)c(=O)n32)cc1. The van der Waals surface area contributed by atoms with Crippen molar-refractivity contribution in [3.8, 4) is 5.75 Å². The molecule has 0 unspecified atom stereocenters. The van der Waals surface area contributed by atoms with E-state index in [-0.39, 0.29) is 11.5 Å². The van der Waals surface area contributed by atoms with Gasteiger partial charge in [-0.15, -0.1) is 0 Å². The van der Waals surface area contributed by atoms with Crippen LogP contribution in [0.25, 0.3) is 6.08 Å². The molecule has 1 aliphatic heterocycles. The van der Waals surface area contributed by atoms with Gasteiger partial charge < -0.3 is 19.4 Å². The van der Waals surface area contributed by atoms with Crippen molar-refractivity contribution in [1.29, 1.82) is 0 Å². The number of benzene rings is 2. The third-order valence-corrected chi connectivity index (χ3v) is 7.72. The minimum absolute atomic E-state index is 0.255. The summed E-state index contributed by atoms with van der Waals surface area (Å²) in [6.07, 6.45) is 1.71. The summed E-state index contributed by atoms with van der Waals surface area (Å²) in [6.45, 7) is 4.26. The number of furan rings is 1. The molecule has 4 aromatic rings. The normalized spacial score (nSPS) is 15.1. The number of halogens is 1. The molecule has 0 saturated heterocycles. The number of thiazole rings is 1. The number of fused-ring (bicyclic) bond motifs is 1. The van der Waals surface area contributed by atoms with Crippen molar-refractivity contribution in [2.45, 2.75) is 19.9 Å². The molecule has 1 atom stereocenters. The van der Waals surface area contributed by atoms with E-state index in [9.17, 15) is 9.59 Å². The van der Waals surface area contributed by atoms with Crippen LogP contribution in [0.4, 0.5) is 11.6 Å². The molecule has 1 N–H and O–H groups in total. The van der Waals surface area contributed by atoms with E-state index in [4.69, 9.17) is 14.1 Å². The van der Waals surface area contributed by atoms with Crippen molar-refractivity contribution < 1.29 is 13.9 Å². The molecule has 0 saturated carbocycles. The summed E-state index contributed by atoms with van der Waals surface area (Å²) in [4.78, 5) is 34.6. The van der Waals surface area contributed by atoms with Gasteiger partial charge in [-0.25, -0.2) is 4.99 Å². The highest BCUT2D eigenvalue weighted by atomic mass is 79.9. The minimum Gasteiger partial charge on any atom is -0.494 e. The summed E-state index contributed by atoms with van der Waals surface area (Å²) in [5.74, 6) is 1.58. The van der Waals surface area contributed by atoms with Gasteiger partial charge in [-0.05, 0) is 59.6 Å². The second-order valence-corrected chi connectivity index (χ2v) is 11.0. The van der Waals surface area contributed by atoms with Gasteiger partial charge in [-0.2, -0.15) is 0 Å². The molecule has 0 fully saturated rings. The van der Waals surface area contributed by atoms with Gasteiger partial charge in [0.2, 0.25) is 5.88 Å². The number of amides is 1. The molecule has 0 radical (unpaired) electrons. The van der Waals surface area contributed by atoms with Crippen LogP contribution in [0.5, 0.6) is 5.75 Å². The molecule has 10 heteroatoms. The number of hydrogen-bond donors (Lipinski definition) is 1. The van der Waals surface area contributed by atoms with Crippen molar-refractivity contribution >= 4 is 50.8 Å². The lowest BCUT2D eigenvalue weighted by atomic mass is 9.95. The van der Waals surface area contributed by atoms with Crippen LogP contribution in [0.1, 0.15) is 31.2 Å². The van der Waals surface area contributed by atoms with Gasteiger partial charge in [-0.1, -0.05) is 41.7 Å². The number of allylic oxidation sites excluding steroid dienone is 1. The Bertz CT molecular complexity index is 1730. The number of hydrogen-bond acceptors (Lipinski definition) is 7. The van der Waals surface area contributed by atoms with Gasteiger partial charge >= 0.3 is 0 Å². The highest BCUT2D eigenvalue weighted by molar-refractivity contribution is 9.10. The Morgan fingerprint density at radius 1 is 1.21 bits per heavy atom. The van der Waals surface area contributed by atoms with Crippen LogP contribution < -0.4 is 29.8 Å². The molecule has 39 heavy (non-hydrogen) atoms. The minimum atomic E-state index is -0.677. The van der Waals surface area contributed by atoms with Crippen LogP contribution in [0.15, 0.2) is 90.6 Å². The molecule has 0 spiro atoms. The first kappa shape index (κ1) is 26.7. The highest BCUT2D eigenvalue weighted by Gasteiger charge is 2.32. The predicted molar refractivity (Wildman–Crippen MR) is 157 cm³/mol. The zero-order valence-electron chi connectivity index (χ0n) is 21.9. The average molecular weight is 608 g/mol. The highest BCUT2D eigenvalue weighted by Crippen LogP contribution is 2.32. The standard InChI is InChI=1S/C29H27BrN4O4S/c1-5-37-20-13-11-18(12-14-20)25-24(26(35)32-19-9-7-6-8-10-19)17(2)31-29-34(25)27(36)23(39-29)16-21-15-22(30)28(38-21)33(3)4/h6-16,25H,5H2,1-4H3,(H,32,35)/b23-16+/t25-/m0/s1. The van der Waals surface area contributed by atoms with Crippen LogP contribution in [0.3, 0.4) is 0 Å². The van der Waals surface area contributed by atoms with Gasteiger partial charge in [0.15, 0.2) is 4.80 Å². The summed E-state index contributed by atoms with van der Waals surface area (Å²) in [7, 11) is 3.76. The molecule has 2 aromatic heterocycles. The molecule has 1 aliphatic rings. The number of carbonyl (C=O) groups is 1. The van der Waals surface area contributed by atoms with Crippen LogP contribution in [0, 0.1) is 0 Å². The molecule has 1 amide bonds. The number of anilines is 2. The molecule has 200 valence electrons. The van der Waals surface area contributed by atoms with Gasteiger partial charge in [0, 0.05) is 31.9 Å². The summed E-state index contributed by atoms with van der Waals surface area (Å²) in [5.41, 5.74) is 2.12. The topological polar surface area (TPSA) is 89.1 Å². The number of nitrogens with zero attached hydrogens (tertiary/aromatic N) is 3. The van der Waals surface area contributed by atoms with Crippen molar-refractivity contribution in [2.24, 2.45) is 4.99 Å². The average Bonchev–Trinajstić information content (AvgIpc) is 3.43. The fraction of sp³-hybridized carbons (Fsp3) is 0.207. The van der Waals surface area contributed by atoms with Crippen LogP contribution in [-0.2, 0) is 4.79 Å². The Balaban J connectivity index is 1.65. The van der Waals surface area contributed by atoms with E-state index < -0.39 is 6.04 Å². The lowest BCUT2D eigenvalue weighted by Crippen LogP contribution is -2.40.